The average Bonchev–Trinajstić information content (AvgIpc) is 2.59. The smallest absolute Gasteiger partial charge is 0.187 e. The monoisotopic (exact) mass is 322 g/mol. The number of benzene rings is 1. The standard InChI is InChI=1S/C10H8Cl2N2O2S2/c1-18(15,16)9-8(14-10(13)17-9)6-3-2-5(11)4-7(6)12/h2-4H,1H3,(H2,13,14). The number of nitrogens with two attached hydrogens (primary N) is 1. The van der Waals surface area contributed by atoms with Crippen molar-refractivity contribution in [2.75, 3.05) is 12.0 Å². The Morgan fingerprint density at radius 1 is 1.33 bits per heavy atom. The molecule has 0 radical (unpaired) electrons. The lowest BCUT2D eigenvalue weighted by molar-refractivity contribution is 0.604. The molecular weight excluding hydrogens is 315 g/mol. The van der Waals surface area contributed by atoms with Crippen molar-refractivity contribution < 1.29 is 8.42 Å². The van der Waals surface area contributed by atoms with Crippen LogP contribution in [0, 0.1) is 0 Å². The SMILES string of the molecule is CS(=O)(=O)c1sc(N)nc1-c1ccc(Cl)cc1Cl. The Labute approximate surface area is 118 Å². The molecule has 2 N–H and O–H groups in total. The quantitative estimate of drug-likeness (QED) is 0.921. The van der Waals surface area contributed by atoms with Gasteiger partial charge in [-0.15, -0.1) is 0 Å². The summed E-state index contributed by atoms with van der Waals surface area (Å²) in [5.41, 5.74) is 6.33. The van der Waals surface area contributed by atoms with Crippen LogP contribution in [0.4, 0.5) is 5.13 Å². The van der Waals surface area contributed by atoms with E-state index in [2.05, 4.69) is 4.98 Å². The number of anilines is 1. The van der Waals surface area contributed by atoms with Gasteiger partial charge in [-0.2, -0.15) is 0 Å². The second-order valence-corrected chi connectivity index (χ2v) is 7.67. The summed E-state index contributed by atoms with van der Waals surface area (Å²) < 4.78 is 23.4. The normalized spacial score (nSPS) is 11.7. The van der Waals surface area contributed by atoms with E-state index in [0.717, 1.165) is 17.6 Å². The fraction of sp³-hybridized carbons (Fsp3) is 0.100. The third-order valence-corrected chi connectivity index (χ3v) is 5.39. The molecule has 0 bridgehead atoms. The molecule has 0 atom stereocenters. The van der Waals surface area contributed by atoms with E-state index in [1.807, 2.05) is 0 Å². The number of halogens is 2. The van der Waals surface area contributed by atoms with Crippen LogP contribution in [0.15, 0.2) is 22.4 Å². The molecule has 0 aliphatic carbocycles. The van der Waals surface area contributed by atoms with Gasteiger partial charge in [0.25, 0.3) is 0 Å². The average molecular weight is 323 g/mol. The fourth-order valence-electron chi connectivity index (χ4n) is 1.42. The van der Waals surface area contributed by atoms with Crippen LogP contribution in [-0.2, 0) is 9.84 Å². The van der Waals surface area contributed by atoms with E-state index in [-0.39, 0.29) is 15.0 Å². The van der Waals surface area contributed by atoms with Gasteiger partial charge in [0.05, 0.1) is 5.02 Å². The van der Waals surface area contributed by atoms with Crippen LogP contribution in [0.2, 0.25) is 10.0 Å². The highest BCUT2D eigenvalue weighted by atomic mass is 35.5. The van der Waals surface area contributed by atoms with E-state index in [0.29, 0.717) is 15.6 Å². The van der Waals surface area contributed by atoms with E-state index in [9.17, 15) is 8.42 Å². The zero-order valence-electron chi connectivity index (χ0n) is 9.15. The number of nitrogen functional groups attached to an aromatic ring is 1. The number of sulfone groups is 1. The maximum absolute atomic E-state index is 11.7. The van der Waals surface area contributed by atoms with Crippen molar-refractivity contribution in [3.8, 4) is 11.3 Å². The van der Waals surface area contributed by atoms with Crippen LogP contribution in [0.1, 0.15) is 0 Å². The Balaban J connectivity index is 2.72. The number of nitrogens with zero attached hydrogens (tertiary/aromatic N) is 1. The fourth-order valence-corrected chi connectivity index (χ4v) is 3.87. The maximum atomic E-state index is 11.7. The Kier molecular flexibility index (Phi) is 3.55. The third-order valence-electron chi connectivity index (χ3n) is 2.14. The first kappa shape index (κ1) is 13.6. The summed E-state index contributed by atoms with van der Waals surface area (Å²) >= 11 is 12.8. The molecule has 8 heteroatoms. The van der Waals surface area contributed by atoms with Crippen LogP contribution in [-0.4, -0.2) is 19.7 Å². The van der Waals surface area contributed by atoms with E-state index < -0.39 is 9.84 Å². The highest BCUT2D eigenvalue weighted by molar-refractivity contribution is 7.93. The minimum absolute atomic E-state index is 0.101. The molecule has 4 nitrogen and oxygen atoms in total. The predicted octanol–water partition coefficient (Wildman–Crippen LogP) is 3.10. The van der Waals surface area contributed by atoms with Crippen molar-refractivity contribution in [2.24, 2.45) is 0 Å². The van der Waals surface area contributed by atoms with Crippen molar-refractivity contribution in [3.63, 3.8) is 0 Å². The lowest BCUT2D eigenvalue weighted by atomic mass is 10.2. The highest BCUT2D eigenvalue weighted by Gasteiger charge is 2.21. The number of thiazole rings is 1. The van der Waals surface area contributed by atoms with Gasteiger partial charge in [0, 0.05) is 16.8 Å². The summed E-state index contributed by atoms with van der Waals surface area (Å²) in [6, 6.07) is 4.76. The Morgan fingerprint density at radius 2 is 2.00 bits per heavy atom. The summed E-state index contributed by atoms with van der Waals surface area (Å²) in [6.07, 6.45) is 1.10. The first-order valence-corrected chi connectivity index (χ1v) is 8.17. The molecule has 1 aromatic carbocycles. The number of hydrogen-bond acceptors (Lipinski definition) is 5. The molecule has 0 spiro atoms. The molecule has 0 unspecified atom stereocenters. The van der Waals surface area contributed by atoms with Gasteiger partial charge in [-0.05, 0) is 18.2 Å². The molecule has 1 aromatic heterocycles. The lowest BCUT2D eigenvalue weighted by Gasteiger charge is -2.03. The minimum Gasteiger partial charge on any atom is -0.375 e. The Morgan fingerprint density at radius 3 is 2.56 bits per heavy atom. The zero-order valence-corrected chi connectivity index (χ0v) is 12.3. The van der Waals surface area contributed by atoms with Crippen LogP contribution < -0.4 is 5.73 Å². The van der Waals surface area contributed by atoms with Crippen molar-refractivity contribution >= 4 is 49.5 Å². The largest absolute Gasteiger partial charge is 0.375 e. The van der Waals surface area contributed by atoms with E-state index in [1.54, 1.807) is 12.1 Å². The van der Waals surface area contributed by atoms with Gasteiger partial charge in [-0.1, -0.05) is 34.5 Å². The third kappa shape index (κ3) is 2.61. The van der Waals surface area contributed by atoms with Crippen molar-refractivity contribution in [1.29, 1.82) is 0 Å². The molecule has 0 fully saturated rings. The molecule has 0 aliphatic heterocycles. The minimum atomic E-state index is -3.40. The summed E-state index contributed by atoms with van der Waals surface area (Å²) in [6.45, 7) is 0. The van der Waals surface area contributed by atoms with Crippen molar-refractivity contribution in [1.82, 2.24) is 4.98 Å². The predicted molar refractivity (Wildman–Crippen MR) is 75.1 cm³/mol. The summed E-state index contributed by atoms with van der Waals surface area (Å²) in [5.74, 6) is 0. The van der Waals surface area contributed by atoms with Crippen LogP contribution in [0.5, 0.6) is 0 Å². The van der Waals surface area contributed by atoms with Gasteiger partial charge in [-0.3, -0.25) is 0 Å². The highest BCUT2D eigenvalue weighted by Crippen LogP contribution is 2.37. The van der Waals surface area contributed by atoms with Gasteiger partial charge >= 0.3 is 0 Å². The number of hydrogen-bond donors (Lipinski definition) is 1. The molecule has 0 saturated heterocycles. The van der Waals surface area contributed by atoms with Gasteiger partial charge in [0.1, 0.15) is 9.90 Å². The molecule has 18 heavy (non-hydrogen) atoms. The second kappa shape index (κ2) is 4.70. The summed E-state index contributed by atoms with van der Waals surface area (Å²) in [5, 5.41) is 0.974. The molecule has 1 heterocycles. The van der Waals surface area contributed by atoms with E-state index >= 15 is 0 Å². The van der Waals surface area contributed by atoms with Gasteiger partial charge in [0.2, 0.25) is 0 Å². The molecule has 2 aromatic rings. The topological polar surface area (TPSA) is 73.0 Å². The van der Waals surface area contributed by atoms with Gasteiger partial charge in [0.15, 0.2) is 15.0 Å². The van der Waals surface area contributed by atoms with E-state index in [1.165, 1.54) is 6.07 Å². The lowest BCUT2D eigenvalue weighted by Crippen LogP contribution is -1.96. The van der Waals surface area contributed by atoms with E-state index in [4.69, 9.17) is 28.9 Å². The van der Waals surface area contributed by atoms with Gasteiger partial charge in [-0.25, -0.2) is 13.4 Å². The van der Waals surface area contributed by atoms with Gasteiger partial charge < -0.3 is 5.73 Å². The van der Waals surface area contributed by atoms with Crippen molar-refractivity contribution in [3.05, 3.63) is 28.2 Å². The maximum Gasteiger partial charge on any atom is 0.187 e. The van der Waals surface area contributed by atoms with Crippen LogP contribution in [0.3, 0.4) is 0 Å². The first-order chi connectivity index (χ1) is 8.29. The Hall–Kier alpha value is -0.820. The molecule has 96 valence electrons. The second-order valence-electron chi connectivity index (χ2n) is 3.58. The Bertz CT molecular complexity index is 711. The molecule has 0 saturated carbocycles. The molecular formula is C10H8Cl2N2O2S2. The summed E-state index contributed by atoms with van der Waals surface area (Å²) in [4.78, 5) is 4.03. The molecule has 2 rings (SSSR count). The molecule has 0 amide bonds. The summed E-state index contributed by atoms with van der Waals surface area (Å²) in [7, 11) is -3.40. The molecule has 0 aliphatic rings. The van der Waals surface area contributed by atoms with Crippen LogP contribution >= 0.6 is 34.5 Å². The zero-order chi connectivity index (χ0) is 13.5. The van der Waals surface area contributed by atoms with Crippen LogP contribution in [0.25, 0.3) is 11.3 Å². The first-order valence-electron chi connectivity index (χ1n) is 4.71. The number of rotatable bonds is 2. The van der Waals surface area contributed by atoms with Crippen molar-refractivity contribution in [2.45, 2.75) is 4.21 Å². The number of aromatic nitrogens is 1.